The highest BCUT2D eigenvalue weighted by molar-refractivity contribution is 6.44. The maximum atomic E-state index is 6.97. The summed E-state index contributed by atoms with van der Waals surface area (Å²) in [7, 11) is 0. The van der Waals surface area contributed by atoms with Gasteiger partial charge in [-0.15, -0.1) is 0 Å². The number of aromatic nitrogens is 3. The molecule has 1 aliphatic carbocycles. The van der Waals surface area contributed by atoms with Crippen LogP contribution in [-0.2, 0) is 0 Å². The molecule has 0 fully saturated rings. The molecule has 16 rings (SSSR count). The molecule has 4 heterocycles. The standard InChI is InChI=1S/C85H50Cl8N4/c86-59-32-16-51(17-33-59)67-69(53-20-36-61(88)37-21-53)80-76(49-12-6-2-7-13-49)82-71(55-24-40-63(90)41-25-55)73(57-28-44-65(92)45-29-57)84(96-82)85-74(58-30-46-66(93)47-31-58)72(56-26-42-64(91)43-27-56)83(97-85)77(50-14-8-3-9-15-50)81-70(54-22-38-62(89)39-23-54)68(52-18-34-60(87)35-19-52)79(95-81)75(78(67)94-80)48-10-4-1-5-11-48/h1-47,94-96H. The molecule has 2 aliphatic rings. The number of nitrogens with zero attached hydrogens (tertiary/aromatic N) is 1. The molecule has 97 heavy (non-hydrogen) atoms. The van der Waals surface area contributed by atoms with Gasteiger partial charge < -0.3 is 15.0 Å². The number of hydrogen-bond donors (Lipinski definition) is 3. The number of aromatic amines is 3. The first-order chi connectivity index (χ1) is 47.4. The number of benzene rings is 11. The zero-order valence-corrected chi connectivity index (χ0v) is 57.2. The van der Waals surface area contributed by atoms with E-state index in [2.05, 4.69) is 185 Å². The highest BCUT2D eigenvalue weighted by Crippen LogP contribution is 2.54. The van der Waals surface area contributed by atoms with E-state index in [1.807, 2.05) is 115 Å². The van der Waals surface area contributed by atoms with Crippen molar-refractivity contribution in [2.75, 3.05) is 0 Å². The van der Waals surface area contributed by atoms with Crippen LogP contribution in [0.4, 0.5) is 0 Å². The molecule has 0 radical (unpaired) electrons. The van der Waals surface area contributed by atoms with Gasteiger partial charge in [0.15, 0.2) is 0 Å². The number of hydrogen-bond acceptors (Lipinski definition) is 1. The lowest BCUT2D eigenvalue weighted by molar-refractivity contribution is 1.21. The van der Waals surface area contributed by atoms with Gasteiger partial charge in [-0.1, -0.05) is 281 Å². The molecule has 1 aliphatic heterocycles. The lowest BCUT2D eigenvalue weighted by Gasteiger charge is -2.17. The van der Waals surface area contributed by atoms with Gasteiger partial charge in [-0.05, 0) is 158 Å². The Hall–Kier alpha value is -9.53. The van der Waals surface area contributed by atoms with Crippen LogP contribution in [0.5, 0.6) is 0 Å². The molecule has 0 spiro atoms. The molecule has 12 heteroatoms. The van der Waals surface area contributed by atoms with Gasteiger partial charge in [0.1, 0.15) is 0 Å². The van der Waals surface area contributed by atoms with E-state index in [0.717, 1.165) is 150 Å². The van der Waals surface area contributed by atoms with E-state index in [9.17, 15) is 0 Å². The van der Waals surface area contributed by atoms with Crippen LogP contribution in [0.3, 0.4) is 0 Å². The minimum absolute atomic E-state index is 0.576. The molecule has 3 N–H and O–H groups in total. The van der Waals surface area contributed by atoms with Crippen molar-refractivity contribution in [2.45, 2.75) is 0 Å². The fraction of sp³-hybridized carbons (Fsp3) is 0. The van der Waals surface area contributed by atoms with Crippen molar-refractivity contribution in [2.24, 2.45) is 4.99 Å². The summed E-state index contributed by atoms with van der Waals surface area (Å²) in [5.41, 5.74) is 23.4. The van der Waals surface area contributed by atoms with Crippen molar-refractivity contribution in [1.82, 2.24) is 15.0 Å². The summed E-state index contributed by atoms with van der Waals surface area (Å²) in [6.07, 6.45) is 0. The predicted octanol–water partition coefficient (Wildman–Crippen LogP) is 24.6. The Balaban J connectivity index is 1.27. The van der Waals surface area contributed by atoms with Gasteiger partial charge in [-0.25, -0.2) is 4.99 Å². The number of H-pyrrole nitrogens is 3. The predicted molar refractivity (Wildman–Crippen MR) is 409 cm³/mol. The lowest BCUT2D eigenvalue weighted by atomic mass is 9.85. The summed E-state index contributed by atoms with van der Waals surface area (Å²) in [6, 6.07) is 96.1. The van der Waals surface area contributed by atoms with Crippen molar-refractivity contribution in [3.05, 3.63) is 392 Å². The van der Waals surface area contributed by atoms with Gasteiger partial charge in [0.05, 0.1) is 44.9 Å². The maximum Gasteiger partial charge on any atom is 0.0964 e. The van der Waals surface area contributed by atoms with Crippen molar-refractivity contribution < 1.29 is 0 Å². The molecule has 4 nitrogen and oxygen atoms in total. The van der Waals surface area contributed by atoms with Gasteiger partial charge in [-0.3, -0.25) is 0 Å². The Morgan fingerprint density at radius 2 is 0.412 bits per heavy atom. The number of rotatable bonds is 11. The topological polar surface area (TPSA) is 59.7 Å². The zero-order valence-electron chi connectivity index (χ0n) is 51.1. The average Bonchev–Trinajstić information content (AvgIpc) is 1.55. The number of aliphatic imine (C=N–C) groups is 1. The first-order valence-corrected chi connectivity index (χ1v) is 34.3. The van der Waals surface area contributed by atoms with Crippen molar-refractivity contribution >= 4 is 126 Å². The van der Waals surface area contributed by atoms with Gasteiger partial charge in [0.25, 0.3) is 0 Å². The minimum atomic E-state index is 0.576. The lowest BCUT2D eigenvalue weighted by Crippen LogP contribution is -2.19. The highest BCUT2D eigenvalue weighted by atomic mass is 35.5. The third-order valence-corrected chi connectivity index (χ3v) is 19.9. The van der Waals surface area contributed by atoms with Gasteiger partial charge in [-0.2, -0.15) is 0 Å². The molecule has 466 valence electrons. The molecule has 0 saturated heterocycles. The molecular weight excluding hydrogens is 1360 g/mol. The smallest absolute Gasteiger partial charge is 0.0964 e. The van der Waals surface area contributed by atoms with E-state index >= 15 is 0 Å². The fourth-order valence-corrected chi connectivity index (χ4v) is 14.7. The first-order valence-electron chi connectivity index (χ1n) is 31.3. The summed E-state index contributed by atoms with van der Waals surface area (Å²) >= 11 is 55.7. The normalized spacial score (nSPS) is 12.9. The first kappa shape index (κ1) is 62.3. The molecule has 0 saturated carbocycles. The number of halogens is 8. The fourth-order valence-electron chi connectivity index (χ4n) is 13.7. The maximum absolute atomic E-state index is 6.97. The largest absolute Gasteiger partial charge is 0.353 e. The summed E-state index contributed by atoms with van der Waals surface area (Å²) in [5.74, 6) is 0. The van der Waals surface area contributed by atoms with Gasteiger partial charge >= 0.3 is 0 Å². The van der Waals surface area contributed by atoms with E-state index in [1.165, 1.54) is 0 Å². The third kappa shape index (κ3) is 11.6. The van der Waals surface area contributed by atoms with Crippen LogP contribution in [0.1, 0.15) is 50.6 Å². The SMILES string of the molecule is Clc1ccc(C2=C(c3ccc(Cl)cc3)C3=C(c4ccccc4)c4[nH]c(c(-c5ccc(Cl)cc5)c4-c4ccc(Cl)cc4)C(c4ccccc4)=c4[nH]c(c(-c5ccc(Cl)cc5)c4-c4ccc(Cl)cc4)=C(c4ccccc4)c4[nH]c(c(-c5ccc(Cl)cc5)c4-c4ccc(Cl)cc4)C2=N3)cc1. The van der Waals surface area contributed by atoms with E-state index in [1.54, 1.807) is 0 Å². The second-order valence-corrected chi connectivity index (χ2v) is 27.2. The Bertz CT molecular complexity index is 5600. The van der Waals surface area contributed by atoms with Crippen LogP contribution in [0.25, 0.3) is 94.6 Å². The van der Waals surface area contributed by atoms with E-state index < -0.39 is 0 Å². The monoisotopic (exact) mass is 1410 g/mol. The van der Waals surface area contributed by atoms with Crippen molar-refractivity contribution in [1.29, 1.82) is 0 Å². The third-order valence-electron chi connectivity index (χ3n) is 17.9. The molecule has 0 atom stereocenters. The highest BCUT2D eigenvalue weighted by Gasteiger charge is 2.38. The Kier molecular flexibility index (Phi) is 16.8. The summed E-state index contributed by atoms with van der Waals surface area (Å²) in [6.45, 7) is 0. The quantitative estimate of drug-likeness (QED) is 0.116. The second kappa shape index (κ2) is 26.1. The zero-order chi connectivity index (χ0) is 66.0. The number of nitrogens with one attached hydrogen (secondary N) is 3. The molecule has 0 unspecified atom stereocenters. The van der Waals surface area contributed by atoms with Crippen LogP contribution >= 0.6 is 92.8 Å². The van der Waals surface area contributed by atoms with Crippen LogP contribution < -0.4 is 10.7 Å². The van der Waals surface area contributed by atoms with Gasteiger partial charge in [0.2, 0.25) is 0 Å². The van der Waals surface area contributed by atoms with E-state index in [4.69, 9.17) is 97.8 Å². The molecule has 11 aromatic carbocycles. The Morgan fingerprint density at radius 3 is 0.722 bits per heavy atom. The summed E-state index contributed by atoms with van der Waals surface area (Å²) in [4.78, 5) is 19.3. The molecule has 8 bridgehead atoms. The van der Waals surface area contributed by atoms with Gasteiger partial charge in [0, 0.05) is 101 Å². The molecule has 0 amide bonds. The second-order valence-electron chi connectivity index (χ2n) is 23.7. The van der Waals surface area contributed by atoms with Crippen LogP contribution in [0, 0.1) is 0 Å². The Labute approximate surface area is 600 Å². The number of allylic oxidation sites excluding steroid dienone is 2. The summed E-state index contributed by atoms with van der Waals surface area (Å²) < 4.78 is 0. The van der Waals surface area contributed by atoms with E-state index in [-0.39, 0.29) is 0 Å². The van der Waals surface area contributed by atoms with E-state index in [0.29, 0.717) is 57.3 Å². The average molecular weight is 1410 g/mol. The Morgan fingerprint density at radius 1 is 0.186 bits per heavy atom. The number of fused-ring (bicyclic) bond motifs is 12. The molecule has 14 aromatic rings. The van der Waals surface area contributed by atoms with Crippen molar-refractivity contribution in [3.8, 4) is 66.8 Å². The summed E-state index contributed by atoms with van der Waals surface area (Å²) in [5, 5.41) is 6.23. The molecule has 3 aromatic heterocycles. The van der Waals surface area contributed by atoms with Crippen LogP contribution in [0.15, 0.2) is 296 Å². The van der Waals surface area contributed by atoms with Crippen LogP contribution in [-0.4, -0.2) is 20.7 Å². The minimum Gasteiger partial charge on any atom is -0.353 e. The molecular formula is C85H50Cl8N4. The van der Waals surface area contributed by atoms with Crippen molar-refractivity contribution in [3.63, 3.8) is 0 Å². The van der Waals surface area contributed by atoms with Crippen LogP contribution in [0.2, 0.25) is 40.2 Å².